The van der Waals surface area contributed by atoms with Gasteiger partial charge in [0.1, 0.15) is 5.82 Å². The zero-order valence-corrected chi connectivity index (χ0v) is 15.0. The van der Waals surface area contributed by atoms with Gasteiger partial charge in [0.15, 0.2) is 0 Å². The van der Waals surface area contributed by atoms with Crippen LogP contribution >= 0.6 is 0 Å². The number of rotatable bonds is 4. The fourth-order valence-electron chi connectivity index (χ4n) is 3.70. The molecule has 1 aliphatic rings. The normalized spacial score (nSPS) is 18.1. The van der Waals surface area contributed by atoms with E-state index in [0.717, 1.165) is 49.7 Å². The Labute approximate surface area is 152 Å². The minimum atomic E-state index is -0.0898. The van der Waals surface area contributed by atoms with Crippen molar-refractivity contribution in [3.05, 3.63) is 76.7 Å². The number of likely N-dealkylation sites (tertiary alicyclic amines) is 1. The van der Waals surface area contributed by atoms with Crippen molar-refractivity contribution < 1.29 is 0 Å². The van der Waals surface area contributed by atoms with Crippen molar-refractivity contribution in [3.8, 4) is 5.69 Å². The second kappa shape index (κ2) is 7.25. The fraction of sp³-hybridized carbons (Fsp3) is 0.350. The van der Waals surface area contributed by atoms with Crippen LogP contribution in [0.4, 0.5) is 0 Å². The average molecular weight is 349 g/mol. The summed E-state index contributed by atoms with van der Waals surface area (Å²) < 4.78 is 3.20. The van der Waals surface area contributed by atoms with E-state index in [2.05, 4.69) is 21.0 Å². The minimum Gasteiger partial charge on any atom is -0.297 e. The molecule has 0 saturated carbocycles. The van der Waals surface area contributed by atoms with Crippen LogP contribution in [0.3, 0.4) is 0 Å². The minimum absolute atomic E-state index is 0.0898. The third-order valence-electron chi connectivity index (χ3n) is 4.95. The highest BCUT2D eigenvalue weighted by Gasteiger charge is 2.27. The molecule has 0 radical (unpaired) electrons. The predicted molar refractivity (Wildman–Crippen MR) is 100 cm³/mol. The van der Waals surface area contributed by atoms with Crippen molar-refractivity contribution in [3.63, 3.8) is 0 Å². The van der Waals surface area contributed by atoms with Gasteiger partial charge in [0, 0.05) is 32.3 Å². The van der Waals surface area contributed by atoms with Gasteiger partial charge in [-0.1, -0.05) is 24.3 Å². The van der Waals surface area contributed by atoms with Crippen LogP contribution in [0.5, 0.6) is 0 Å². The maximum Gasteiger partial charge on any atom is 0.350 e. The summed E-state index contributed by atoms with van der Waals surface area (Å²) in [6.45, 7) is 2.77. The summed E-state index contributed by atoms with van der Waals surface area (Å²) in [5, 5.41) is 4.58. The lowest BCUT2D eigenvalue weighted by Crippen LogP contribution is -2.35. The van der Waals surface area contributed by atoms with Gasteiger partial charge in [-0.3, -0.25) is 9.88 Å². The topological polar surface area (TPSA) is 56.0 Å². The van der Waals surface area contributed by atoms with Crippen molar-refractivity contribution in [2.75, 3.05) is 13.1 Å². The van der Waals surface area contributed by atoms with Gasteiger partial charge >= 0.3 is 5.69 Å². The molecule has 26 heavy (non-hydrogen) atoms. The Hall–Kier alpha value is -2.73. The molecule has 3 aromatic rings. The van der Waals surface area contributed by atoms with Gasteiger partial charge in [-0.05, 0) is 43.7 Å². The first-order chi connectivity index (χ1) is 12.7. The van der Waals surface area contributed by atoms with E-state index in [4.69, 9.17) is 0 Å². The van der Waals surface area contributed by atoms with Crippen LogP contribution in [0, 0.1) is 0 Å². The van der Waals surface area contributed by atoms with Crippen LogP contribution in [0.1, 0.15) is 30.3 Å². The molecule has 6 heteroatoms. The maximum absolute atomic E-state index is 12.6. The third kappa shape index (κ3) is 3.32. The molecule has 0 spiro atoms. The molecule has 3 heterocycles. The van der Waals surface area contributed by atoms with Crippen molar-refractivity contribution in [1.82, 2.24) is 24.2 Å². The lowest BCUT2D eigenvalue weighted by Gasteiger charge is -2.32. The van der Waals surface area contributed by atoms with E-state index in [-0.39, 0.29) is 11.6 Å². The van der Waals surface area contributed by atoms with Gasteiger partial charge in [-0.25, -0.2) is 14.0 Å². The highest BCUT2D eigenvalue weighted by molar-refractivity contribution is 5.33. The maximum atomic E-state index is 12.6. The van der Waals surface area contributed by atoms with Crippen molar-refractivity contribution in [2.45, 2.75) is 25.3 Å². The number of nitrogens with zero attached hydrogens (tertiary/aromatic N) is 5. The van der Waals surface area contributed by atoms with E-state index in [1.807, 2.05) is 48.7 Å². The molecule has 1 aromatic carbocycles. The number of benzene rings is 1. The highest BCUT2D eigenvalue weighted by Crippen LogP contribution is 2.27. The quantitative estimate of drug-likeness (QED) is 0.725. The zero-order valence-electron chi connectivity index (χ0n) is 15.0. The Kier molecular flexibility index (Phi) is 4.67. The predicted octanol–water partition coefficient (Wildman–Crippen LogP) is 2.35. The summed E-state index contributed by atoms with van der Waals surface area (Å²) >= 11 is 0. The van der Waals surface area contributed by atoms with Crippen LogP contribution in [-0.2, 0) is 13.6 Å². The molecule has 1 unspecified atom stereocenters. The van der Waals surface area contributed by atoms with Crippen molar-refractivity contribution in [1.29, 1.82) is 0 Å². The van der Waals surface area contributed by atoms with E-state index in [0.29, 0.717) is 0 Å². The number of hydrogen-bond donors (Lipinski definition) is 0. The molecule has 1 saturated heterocycles. The summed E-state index contributed by atoms with van der Waals surface area (Å²) in [7, 11) is 1.72. The average Bonchev–Trinajstić information content (AvgIpc) is 2.98. The standard InChI is InChI=1S/C20H23N5O/c1-23-20(26)25(18-10-3-2-4-11-18)19(22-23)16-8-7-13-24(14-16)15-17-9-5-6-12-21-17/h2-6,9-12,16H,7-8,13-15H2,1H3. The van der Waals surface area contributed by atoms with Crippen LogP contribution in [0.25, 0.3) is 5.69 Å². The van der Waals surface area contributed by atoms with E-state index < -0.39 is 0 Å². The summed E-state index contributed by atoms with van der Waals surface area (Å²) in [4.78, 5) is 19.5. The van der Waals surface area contributed by atoms with E-state index in [9.17, 15) is 4.79 Å². The molecule has 4 rings (SSSR count). The number of pyridine rings is 1. The first-order valence-electron chi connectivity index (χ1n) is 9.06. The Balaban J connectivity index is 1.61. The molecule has 1 fully saturated rings. The molecule has 134 valence electrons. The first kappa shape index (κ1) is 16.7. The first-order valence-corrected chi connectivity index (χ1v) is 9.06. The molecule has 1 atom stereocenters. The summed E-state index contributed by atoms with van der Waals surface area (Å²) in [5.74, 6) is 1.09. The Morgan fingerprint density at radius 3 is 2.69 bits per heavy atom. The Morgan fingerprint density at radius 1 is 1.12 bits per heavy atom. The molecular formula is C20H23N5O. The number of piperidine rings is 1. The smallest absolute Gasteiger partial charge is 0.297 e. The summed E-state index contributed by atoms with van der Waals surface area (Å²) in [6.07, 6.45) is 3.97. The van der Waals surface area contributed by atoms with Crippen LogP contribution in [0.2, 0.25) is 0 Å². The Bertz CT molecular complexity index is 916. The van der Waals surface area contributed by atoms with Crippen LogP contribution in [0.15, 0.2) is 59.5 Å². The molecule has 0 N–H and O–H groups in total. The SMILES string of the molecule is Cn1nc(C2CCCN(Cc3ccccn3)C2)n(-c2ccccc2)c1=O. The lowest BCUT2D eigenvalue weighted by molar-refractivity contribution is 0.193. The number of aryl methyl sites for hydroxylation is 1. The molecule has 6 nitrogen and oxygen atoms in total. The van der Waals surface area contributed by atoms with E-state index >= 15 is 0 Å². The van der Waals surface area contributed by atoms with Gasteiger partial charge in [-0.15, -0.1) is 0 Å². The largest absolute Gasteiger partial charge is 0.350 e. The van der Waals surface area contributed by atoms with Gasteiger partial charge in [0.2, 0.25) is 0 Å². The molecule has 2 aromatic heterocycles. The second-order valence-electron chi connectivity index (χ2n) is 6.83. The van der Waals surface area contributed by atoms with Gasteiger partial charge in [0.05, 0.1) is 11.4 Å². The third-order valence-corrected chi connectivity index (χ3v) is 4.95. The highest BCUT2D eigenvalue weighted by atomic mass is 16.2. The van der Waals surface area contributed by atoms with E-state index in [1.54, 1.807) is 11.6 Å². The van der Waals surface area contributed by atoms with Crippen LogP contribution < -0.4 is 5.69 Å². The van der Waals surface area contributed by atoms with E-state index in [1.165, 1.54) is 4.68 Å². The number of para-hydroxylation sites is 1. The van der Waals surface area contributed by atoms with Crippen molar-refractivity contribution in [2.24, 2.45) is 7.05 Å². The number of hydrogen-bond acceptors (Lipinski definition) is 4. The summed E-state index contributed by atoms with van der Waals surface area (Å²) in [6, 6.07) is 15.8. The molecule has 0 aliphatic carbocycles. The molecule has 0 bridgehead atoms. The summed E-state index contributed by atoms with van der Waals surface area (Å²) in [5.41, 5.74) is 1.87. The molecule has 1 aliphatic heterocycles. The zero-order chi connectivity index (χ0) is 17.9. The fourth-order valence-corrected chi connectivity index (χ4v) is 3.70. The second-order valence-corrected chi connectivity index (χ2v) is 6.83. The van der Waals surface area contributed by atoms with Gasteiger partial charge < -0.3 is 0 Å². The van der Waals surface area contributed by atoms with Crippen molar-refractivity contribution >= 4 is 0 Å². The van der Waals surface area contributed by atoms with Gasteiger partial charge in [-0.2, -0.15) is 5.10 Å². The van der Waals surface area contributed by atoms with Gasteiger partial charge in [0.25, 0.3) is 0 Å². The monoisotopic (exact) mass is 349 g/mol. The number of aromatic nitrogens is 4. The molecule has 0 amide bonds. The van der Waals surface area contributed by atoms with Crippen LogP contribution in [-0.4, -0.2) is 37.3 Å². The molecular weight excluding hydrogens is 326 g/mol. The Morgan fingerprint density at radius 2 is 1.92 bits per heavy atom. The lowest BCUT2D eigenvalue weighted by atomic mass is 9.97.